The lowest BCUT2D eigenvalue weighted by Gasteiger charge is -2.36. The largest absolute Gasteiger partial charge is 0.465 e. The summed E-state index contributed by atoms with van der Waals surface area (Å²) in [4.78, 5) is 78.3. The van der Waals surface area contributed by atoms with Gasteiger partial charge in [-0.3, -0.25) is 33.9 Å². The van der Waals surface area contributed by atoms with Gasteiger partial charge in [0.2, 0.25) is 17.7 Å². The van der Waals surface area contributed by atoms with Crippen molar-refractivity contribution in [3.05, 3.63) is 89.8 Å². The average molecular weight is 931 g/mol. The van der Waals surface area contributed by atoms with E-state index in [1.54, 1.807) is 36.2 Å². The van der Waals surface area contributed by atoms with E-state index in [1.165, 1.54) is 6.08 Å². The third-order valence-electron chi connectivity index (χ3n) is 13.8. The number of hydrogen-bond donors (Lipinski definition) is 1. The second-order valence-electron chi connectivity index (χ2n) is 19.6. The highest BCUT2D eigenvalue weighted by atomic mass is 16.5. The first-order chi connectivity index (χ1) is 32.6. The van der Waals surface area contributed by atoms with E-state index in [0.29, 0.717) is 58.4 Å². The number of fused-ring (bicyclic) bond motifs is 6. The van der Waals surface area contributed by atoms with Crippen molar-refractivity contribution in [2.75, 3.05) is 53.5 Å². The standard InChI is InChI=1S/C53H68N6O7.C2H6/c1-9-59-45-20-19-38-29-42(45)43(48(59)41-18-13-22-54-46(41)35(4)65-8)30-53(5,6)33-66-52(64)40-17-14-24-58(32-40)51(63)44(28-36-15-12-16-37(38)27-36)55-49(61)47(34(2)3)56(7)50(62)39-21-25-57(31-39)23-10-11-26-60;1-2/h10-13,15-16,18-20,22,26-27,29,34-35,39-40,44,47H,9,14,17,21,23-25,28,30-33H2,1-8H3,(H,55,61);1-2H3/b11-10+;. The van der Waals surface area contributed by atoms with Gasteiger partial charge in [-0.2, -0.15) is 0 Å². The molecule has 366 valence electrons. The molecule has 0 radical (unpaired) electrons. The number of nitrogens with one attached hydrogen (secondary N) is 1. The molecule has 68 heavy (non-hydrogen) atoms. The van der Waals surface area contributed by atoms with Crippen LogP contribution in [0.15, 0.2) is 72.9 Å². The fraction of sp³-hybridized carbons (Fsp3) is 0.527. The van der Waals surface area contributed by atoms with E-state index in [1.807, 2.05) is 52.8 Å². The number of esters is 1. The second kappa shape index (κ2) is 23.1. The molecular weight excluding hydrogens is 857 g/mol. The number of benzene rings is 2. The highest BCUT2D eigenvalue weighted by molar-refractivity contribution is 5.96. The number of methoxy groups -OCH3 is 1. The Labute approximate surface area is 403 Å². The monoisotopic (exact) mass is 931 g/mol. The third-order valence-corrected chi connectivity index (χ3v) is 13.8. The number of carbonyl (C=O) groups excluding carboxylic acids is 5. The van der Waals surface area contributed by atoms with Crippen molar-refractivity contribution in [2.45, 2.75) is 112 Å². The number of aryl methyl sites for hydroxylation is 1. The zero-order valence-electron chi connectivity index (χ0n) is 42.0. The van der Waals surface area contributed by atoms with Crippen molar-refractivity contribution in [3.63, 3.8) is 0 Å². The maximum absolute atomic E-state index is 14.8. The smallest absolute Gasteiger partial charge is 0.310 e. The molecule has 2 aromatic heterocycles. The quantitative estimate of drug-likeness (QED) is 0.0848. The molecule has 13 nitrogen and oxygen atoms in total. The van der Waals surface area contributed by atoms with Crippen molar-refractivity contribution in [3.8, 4) is 22.4 Å². The van der Waals surface area contributed by atoms with Gasteiger partial charge in [-0.1, -0.05) is 78.0 Å². The van der Waals surface area contributed by atoms with Crippen LogP contribution in [0, 0.1) is 23.2 Å². The van der Waals surface area contributed by atoms with Crippen molar-refractivity contribution in [1.29, 1.82) is 0 Å². The number of rotatable bonds is 12. The molecule has 2 saturated heterocycles. The van der Waals surface area contributed by atoms with Gasteiger partial charge in [0.05, 0.1) is 35.9 Å². The predicted octanol–water partition coefficient (Wildman–Crippen LogP) is 8.08. The fourth-order valence-electron chi connectivity index (χ4n) is 10.4. The van der Waals surface area contributed by atoms with E-state index < -0.39 is 29.3 Å². The Morgan fingerprint density at radius 3 is 2.50 bits per heavy atom. The number of allylic oxidation sites excluding steroid dienone is 1. The molecule has 2 aromatic carbocycles. The molecule has 3 aliphatic heterocycles. The lowest BCUT2D eigenvalue weighted by molar-refractivity contribution is -0.155. The fourth-order valence-corrected chi connectivity index (χ4v) is 10.4. The van der Waals surface area contributed by atoms with E-state index >= 15 is 0 Å². The minimum atomic E-state index is -0.963. The summed E-state index contributed by atoms with van der Waals surface area (Å²) < 4.78 is 14.4. The molecule has 2 fully saturated rings. The van der Waals surface area contributed by atoms with E-state index in [9.17, 15) is 24.0 Å². The van der Waals surface area contributed by atoms with Crippen LogP contribution in [0.5, 0.6) is 0 Å². The molecule has 5 unspecified atom stereocenters. The minimum Gasteiger partial charge on any atom is -0.465 e. The second-order valence-corrected chi connectivity index (χ2v) is 19.6. The number of carbonyl (C=O) groups is 5. The summed E-state index contributed by atoms with van der Waals surface area (Å²) in [6.45, 7) is 19.6. The number of likely N-dealkylation sites (tertiary alicyclic amines) is 1. The molecule has 13 heteroatoms. The first-order valence-electron chi connectivity index (χ1n) is 24.7. The third kappa shape index (κ3) is 11.6. The Bertz CT molecular complexity index is 2460. The Hall–Kier alpha value is -5.66. The number of aromatic nitrogens is 2. The number of pyridine rings is 1. The topological polar surface area (TPSA) is 143 Å². The van der Waals surface area contributed by atoms with Gasteiger partial charge in [0.25, 0.3) is 0 Å². The van der Waals surface area contributed by atoms with Crippen LogP contribution in [0.25, 0.3) is 33.3 Å². The van der Waals surface area contributed by atoms with Gasteiger partial charge >= 0.3 is 5.97 Å². The Morgan fingerprint density at radius 1 is 1.01 bits per heavy atom. The van der Waals surface area contributed by atoms with Crippen LogP contribution >= 0.6 is 0 Å². The molecule has 5 atom stereocenters. The maximum atomic E-state index is 14.8. The molecule has 0 aliphatic carbocycles. The van der Waals surface area contributed by atoms with Crippen LogP contribution in [0.3, 0.4) is 0 Å². The summed E-state index contributed by atoms with van der Waals surface area (Å²) in [5, 5.41) is 4.23. The summed E-state index contributed by atoms with van der Waals surface area (Å²) in [7, 11) is 3.37. The molecule has 1 N–H and O–H groups in total. The number of piperidine rings is 1. The van der Waals surface area contributed by atoms with Gasteiger partial charge in [-0.15, -0.1) is 0 Å². The molecular formula is C55H74N6O7. The van der Waals surface area contributed by atoms with Crippen molar-refractivity contribution in [1.82, 2.24) is 29.6 Å². The SMILES string of the molecule is CC.CCn1c(-c2cccnc2C(C)OC)c2c3cc(ccc31)-c1cccc(c1)CC(NC(=O)C(C(C)C)N(C)C(=O)C1CCN(C/C=C/C=O)C1)C(=O)N1CCCC(C1)C(=O)OCC(C)(C)C2. The van der Waals surface area contributed by atoms with E-state index in [4.69, 9.17) is 14.5 Å². The summed E-state index contributed by atoms with van der Waals surface area (Å²) in [6.07, 6.45) is 8.23. The van der Waals surface area contributed by atoms with Crippen LogP contribution in [0.4, 0.5) is 0 Å². The predicted molar refractivity (Wildman–Crippen MR) is 268 cm³/mol. The molecule has 5 heterocycles. The molecule has 4 aromatic rings. The lowest BCUT2D eigenvalue weighted by atomic mass is 9.84. The zero-order chi connectivity index (χ0) is 49.3. The van der Waals surface area contributed by atoms with Crippen LogP contribution in [-0.2, 0) is 52.8 Å². The Kier molecular flexibility index (Phi) is 17.6. The van der Waals surface area contributed by atoms with Gasteiger partial charge in [0, 0.05) is 81.4 Å². The summed E-state index contributed by atoms with van der Waals surface area (Å²) in [5.41, 5.74) is 7.51. The summed E-state index contributed by atoms with van der Waals surface area (Å²) in [5.74, 6) is -2.18. The van der Waals surface area contributed by atoms with E-state index in [-0.39, 0.29) is 55.3 Å². The Balaban J connectivity index is 0.00000376. The van der Waals surface area contributed by atoms with Crippen LogP contribution in [-0.4, -0.2) is 120 Å². The van der Waals surface area contributed by atoms with Crippen molar-refractivity contribution >= 4 is 40.9 Å². The molecule has 3 amide bonds. The van der Waals surface area contributed by atoms with Gasteiger partial charge in [0.15, 0.2) is 0 Å². The van der Waals surface area contributed by atoms with Gasteiger partial charge in [-0.25, -0.2) is 0 Å². The van der Waals surface area contributed by atoms with E-state index in [0.717, 1.165) is 56.4 Å². The Morgan fingerprint density at radius 2 is 1.78 bits per heavy atom. The number of cyclic esters (lactones) is 1. The number of ether oxygens (including phenoxy) is 2. The first-order valence-corrected chi connectivity index (χ1v) is 24.7. The number of amides is 3. The molecule has 0 saturated carbocycles. The summed E-state index contributed by atoms with van der Waals surface area (Å²) >= 11 is 0. The zero-order valence-corrected chi connectivity index (χ0v) is 42.0. The van der Waals surface area contributed by atoms with Crippen LogP contribution < -0.4 is 5.32 Å². The number of hydrogen-bond acceptors (Lipinski definition) is 9. The highest BCUT2D eigenvalue weighted by Gasteiger charge is 2.40. The number of likely N-dealkylation sites (N-methyl/N-ethyl adjacent to an activating group) is 1. The van der Waals surface area contributed by atoms with Gasteiger partial charge in [-0.05, 0) is 105 Å². The molecule has 7 rings (SSSR count). The van der Waals surface area contributed by atoms with Crippen molar-refractivity contribution < 1.29 is 33.4 Å². The highest BCUT2D eigenvalue weighted by Crippen LogP contribution is 2.42. The van der Waals surface area contributed by atoms with E-state index in [2.05, 4.69) is 72.0 Å². The molecule has 0 spiro atoms. The average Bonchev–Trinajstić information content (AvgIpc) is 3.94. The normalized spacial score (nSPS) is 20.9. The molecule has 6 bridgehead atoms. The van der Waals surface area contributed by atoms with Crippen LogP contribution in [0.1, 0.15) is 97.6 Å². The van der Waals surface area contributed by atoms with Gasteiger partial charge < -0.3 is 29.2 Å². The minimum absolute atomic E-state index is 0.123. The first kappa shape index (κ1) is 51.7. The molecule has 3 aliphatic rings. The lowest BCUT2D eigenvalue weighted by Crippen LogP contribution is -2.58. The summed E-state index contributed by atoms with van der Waals surface area (Å²) in [6, 6.07) is 17.0. The van der Waals surface area contributed by atoms with Gasteiger partial charge in [0.1, 0.15) is 18.4 Å². The number of aldehydes is 1. The van der Waals surface area contributed by atoms with Crippen LogP contribution in [0.2, 0.25) is 0 Å². The number of nitrogens with zero attached hydrogens (tertiary/aromatic N) is 5. The maximum Gasteiger partial charge on any atom is 0.310 e. The van der Waals surface area contributed by atoms with Crippen molar-refractivity contribution in [2.24, 2.45) is 23.2 Å².